The number of aliphatic imine (C=N–C) groups is 1. The number of halogens is 1. The minimum Gasteiger partial charge on any atom is -0.339 e. The standard InChI is InChI=1S/C15H15BrN4/c1-17-15-12-8-11(16)5-6-13(12)19-14(20(15)2)10-4-3-7-18-9-10/h3-9,15,17H,1-2H3. The lowest BCUT2D eigenvalue weighted by atomic mass is 10.1. The molecular formula is C15H15BrN4. The number of nitrogens with one attached hydrogen (secondary N) is 1. The van der Waals surface area contributed by atoms with E-state index in [1.54, 1.807) is 6.20 Å². The number of pyridine rings is 1. The number of hydrogen-bond donors (Lipinski definition) is 1. The van der Waals surface area contributed by atoms with Gasteiger partial charge in [-0.3, -0.25) is 10.3 Å². The molecule has 1 N–H and O–H groups in total. The number of amidine groups is 1. The lowest BCUT2D eigenvalue weighted by Crippen LogP contribution is -2.40. The quantitative estimate of drug-likeness (QED) is 0.919. The highest BCUT2D eigenvalue weighted by Gasteiger charge is 2.27. The molecule has 2 heterocycles. The molecule has 1 atom stereocenters. The van der Waals surface area contributed by atoms with Crippen LogP contribution in [0, 0.1) is 0 Å². The maximum atomic E-state index is 4.78. The largest absolute Gasteiger partial charge is 0.339 e. The third-order valence-electron chi connectivity index (χ3n) is 3.43. The Hall–Kier alpha value is -1.72. The van der Waals surface area contributed by atoms with Crippen molar-refractivity contribution in [3.63, 3.8) is 0 Å². The molecule has 1 aromatic heterocycles. The average molecular weight is 331 g/mol. The van der Waals surface area contributed by atoms with E-state index >= 15 is 0 Å². The van der Waals surface area contributed by atoms with Gasteiger partial charge in [0.2, 0.25) is 0 Å². The summed E-state index contributed by atoms with van der Waals surface area (Å²) in [4.78, 5) is 11.1. The second-order valence-electron chi connectivity index (χ2n) is 4.68. The van der Waals surface area contributed by atoms with Crippen LogP contribution < -0.4 is 5.32 Å². The van der Waals surface area contributed by atoms with Crippen molar-refractivity contribution >= 4 is 27.5 Å². The molecule has 5 heteroatoms. The van der Waals surface area contributed by atoms with Gasteiger partial charge in [0.1, 0.15) is 12.0 Å². The first-order valence-electron chi connectivity index (χ1n) is 6.39. The van der Waals surface area contributed by atoms with Crippen LogP contribution in [0.1, 0.15) is 17.3 Å². The highest BCUT2D eigenvalue weighted by molar-refractivity contribution is 9.10. The fraction of sp³-hybridized carbons (Fsp3) is 0.200. The smallest absolute Gasteiger partial charge is 0.139 e. The van der Waals surface area contributed by atoms with E-state index in [9.17, 15) is 0 Å². The lowest BCUT2D eigenvalue weighted by Gasteiger charge is -2.35. The van der Waals surface area contributed by atoms with Crippen LogP contribution in [-0.4, -0.2) is 29.8 Å². The van der Waals surface area contributed by atoms with Crippen molar-refractivity contribution in [1.29, 1.82) is 0 Å². The Balaban J connectivity index is 2.15. The van der Waals surface area contributed by atoms with Crippen LogP contribution in [0.5, 0.6) is 0 Å². The van der Waals surface area contributed by atoms with Crippen molar-refractivity contribution in [3.8, 4) is 0 Å². The molecular weight excluding hydrogens is 316 g/mol. The van der Waals surface area contributed by atoms with Gasteiger partial charge in [0.25, 0.3) is 0 Å². The predicted molar refractivity (Wildman–Crippen MR) is 84.1 cm³/mol. The Bertz CT molecular complexity index is 654. The highest BCUT2D eigenvalue weighted by Crippen LogP contribution is 2.35. The van der Waals surface area contributed by atoms with Crippen molar-refractivity contribution in [2.75, 3.05) is 14.1 Å². The summed E-state index contributed by atoms with van der Waals surface area (Å²) < 4.78 is 1.06. The molecule has 4 nitrogen and oxygen atoms in total. The number of hydrogen-bond acceptors (Lipinski definition) is 4. The summed E-state index contributed by atoms with van der Waals surface area (Å²) in [5.41, 5.74) is 3.17. The fourth-order valence-corrected chi connectivity index (χ4v) is 2.86. The topological polar surface area (TPSA) is 40.5 Å². The van der Waals surface area contributed by atoms with Crippen LogP contribution in [0.4, 0.5) is 5.69 Å². The summed E-state index contributed by atoms with van der Waals surface area (Å²) in [6, 6.07) is 10.1. The first kappa shape index (κ1) is 13.3. The first-order valence-corrected chi connectivity index (χ1v) is 7.18. The van der Waals surface area contributed by atoms with Crippen LogP contribution >= 0.6 is 15.9 Å². The van der Waals surface area contributed by atoms with Gasteiger partial charge in [-0.25, -0.2) is 4.99 Å². The van der Waals surface area contributed by atoms with E-state index in [-0.39, 0.29) is 6.17 Å². The minimum absolute atomic E-state index is 0.0928. The Morgan fingerprint density at radius 1 is 1.30 bits per heavy atom. The van der Waals surface area contributed by atoms with Crippen molar-refractivity contribution in [3.05, 3.63) is 58.3 Å². The van der Waals surface area contributed by atoms with Gasteiger partial charge in [-0.05, 0) is 37.4 Å². The third kappa shape index (κ3) is 2.23. The van der Waals surface area contributed by atoms with Crippen LogP contribution in [-0.2, 0) is 0 Å². The number of rotatable bonds is 2. The van der Waals surface area contributed by atoms with E-state index in [2.05, 4.69) is 37.2 Å². The fourth-order valence-electron chi connectivity index (χ4n) is 2.48. The molecule has 0 saturated carbocycles. The number of fused-ring (bicyclic) bond motifs is 1. The maximum absolute atomic E-state index is 4.78. The van der Waals surface area contributed by atoms with Gasteiger partial charge in [-0.2, -0.15) is 0 Å². The van der Waals surface area contributed by atoms with Crippen LogP contribution in [0.3, 0.4) is 0 Å². The van der Waals surface area contributed by atoms with Crippen molar-refractivity contribution in [2.24, 2.45) is 4.99 Å². The van der Waals surface area contributed by atoms with Crippen molar-refractivity contribution in [1.82, 2.24) is 15.2 Å². The normalized spacial score (nSPS) is 17.6. The molecule has 1 aliphatic heterocycles. The zero-order valence-corrected chi connectivity index (χ0v) is 12.9. The van der Waals surface area contributed by atoms with Gasteiger partial charge in [-0.15, -0.1) is 0 Å². The summed E-state index contributed by atoms with van der Waals surface area (Å²) in [5, 5.41) is 3.34. The van der Waals surface area contributed by atoms with E-state index in [1.807, 2.05) is 44.6 Å². The molecule has 0 aliphatic carbocycles. The second-order valence-corrected chi connectivity index (χ2v) is 5.60. The lowest BCUT2D eigenvalue weighted by molar-refractivity contribution is 0.327. The zero-order valence-electron chi connectivity index (χ0n) is 11.3. The van der Waals surface area contributed by atoms with Crippen LogP contribution in [0.2, 0.25) is 0 Å². The molecule has 102 valence electrons. The van der Waals surface area contributed by atoms with E-state index in [1.165, 1.54) is 0 Å². The molecule has 0 fully saturated rings. The minimum atomic E-state index is 0.0928. The van der Waals surface area contributed by atoms with E-state index < -0.39 is 0 Å². The first-order chi connectivity index (χ1) is 9.70. The Kier molecular flexibility index (Phi) is 3.54. The van der Waals surface area contributed by atoms with Gasteiger partial charge in [0.05, 0.1) is 5.69 Å². The Morgan fingerprint density at radius 2 is 2.15 bits per heavy atom. The highest BCUT2D eigenvalue weighted by atomic mass is 79.9. The molecule has 0 saturated heterocycles. The summed E-state index contributed by atoms with van der Waals surface area (Å²) in [7, 11) is 3.99. The molecule has 0 spiro atoms. The zero-order chi connectivity index (χ0) is 14.1. The average Bonchev–Trinajstić information content (AvgIpc) is 2.48. The molecule has 1 aromatic carbocycles. The van der Waals surface area contributed by atoms with Gasteiger partial charge in [0.15, 0.2) is 0 Å². The Labute approximate surface area is 126 Å². The molecule has 2 aromatic rings. The molecule has 1 aliphatic rings. The number of benzene rings is 1. The van der Waals surface area contributed by atoms with E-state index in [0.29, 0.717) is 0 Å². The summed E-state index contributed by atoms with van der Waals surface area (Å²) in [5.74, 6) is 0.923. The predicted octanol–water partition coefficient (Wildman–Crippen LogP) is 3.09. The number of aromatic nitrogens is 1. The molecule has 1 unspecified atom stereocenters. The van der Waals surface area contributed by atoms with Crippen molar-refractivity contribution < 1.29 is 0 Å². The molecule has 0 bridgehead atoms. The monoisotopic (exact) mass is 330 g/mol. The second kappa shape index (κ2) is 5.34. The van der Waals surface area contributed by atoms with Gasteiger partial charge in [0, 0.05) is 35.0 Å². The molecule has 3 rings (SSSR count). The van der Waals surface area contributed by atoms with E-state index in [4.69, 9.17) is 4.99 Å². The van der Waals surface area contributed by atoms with Crippen LogP contribution in [0.25, 0.3) is 0 Å². The number of nitrogens with zero attached hydrogens (tertiary/aromatic N) is 3. The molecule has 20 heavy (non-hydrogen) atoms. The van der Waals surface area contributed by atoms with Gasteiger partial charge >= 0.3 is 0 Å². The summed E-state index contributed by atoms with van der Waals surface area (Å²) in [6.45, 7) is 0. The Morgan fingerprint density at radius 3 is 2.85 bits per heavy atom. The summed E-state index contributed by atoms with van der Waals surface area (Å²) >= 11 is 3.52. The van der Waals surface area contributed by atoms with E-state index in [0.717, 1.165) is 27.1 Å². The summed E-state index contributed by atoms with van der Waals surface area (Å²) in [6.07, 6.45) is 3.70. The molecule has 0 amide bonds. The third-order valence-corrected chi connectivity index (χ3v) is 3.92. The SMILES string of the molecule is CNC1c2cc(Br)ccc2N=C(c2cccnc2)N1C. The van der Waals surface area contributed by atoms with Gasteiger partial charge in [-0.1, -0.05) is 15.9 Å². The molecule has 0 radical (unpaired) electrons. The maximum Gasteiger partial charge on any atom is 0.139 e. The van der Waals surface area contributed by atoms with Gasteiger partial charge < -0.3 is 4.90 Å². The van der Waals surface area contributed by atoms with Crippen molar-refractivity contribution in [2.45, 2.75) is 6.17 Å². The van der Waals surface area contributed by atoms with Crippen LogP contribution in [0.15, 0.2) is 52.2 Å².